The summed E-state index contributed by atoms with van der Waals surface area (Å²) in [5.74, 6) is 0.598. The van der Waals surface area contributed by atoms with Crippen LogP contribution in [0.5, 0.6) is 0 Å². The van der Waals surface area contributed by atoms with Crippen LogP contribution in [-0.2, 0) is 4.74 Å². The second-order valence-electron chi connectivity index (χ2n) is 5.72. The maximum atomic E-state index is 11.7. The highest BCUT2D eigenvalue weighted by molar-refractivity contribution is 9.10. The summed E-state index contributed by atoms with van der Waals surface area (Å²) >= 11 is 3.41. The van der Waals surface area contributed by atoms with Crippen LogP contribution in [0.3, 0.4) is 0 Å². The number of hydrogen-bond acceptors (Lipinski definition) is 6. The molecule has 0 aliphatic carbocycles. The summed E-state index contributed by atoms with van der Waals surface area (Å²) in [6, 6.07) is 14.4. The minimum atomic E-state index is -0.394. The number of methoxy groups -OCH3 is 1. The van der Waals surface area contributed by atoms with Crippen LogP contribution < -0.4 is 5.73 Å². The molecule has 0 atom stereocenters. The molecular formula is C23H26BrN5O2. The number of aromatic nitrogens is 4. The van der Waals surface area contributed by atoms with Crippen LogP contribution in [0.2, 0.25) is 0 Å². The second kappa shape index (κ2) is 11.2. The van der Waals surface area contributed by atoms with E-state index in [0.717, 1.165) is 5.69 Å². The van der Waals surface area contributed by atoms with Crippen molar-refractivity contribution < 1.29 is 9.53 Å². The first-order valence-corrected chi connectivity index (χ1v) is 10.8. The van der Waals surface area contributed by atoms with Crippen LogP contribution in [0, 0.1) is 0 Å². The van der Waals surface area contributed by atoms with Crippen LogP contribution in [-0.4, -0.2) is 32.6 Å². The smallest absolute Gasteiger partial charge is 0.337 e. The molecule has 3 aromatic heterocycles. The highest BCUT2D eigenvalue weighted by Crippen LogP contribution is 2.30. The number of nitrogens with two attached hydrogens (primary N) is 1. The molecule has 0 aliphatic rings. The van der Waals surface area contributed by atoms with Gasteiger partial charge in [-0.15, -0.1) is 0 Å². The fraction of sp³-hybridized carbons (Fsp3) is 0.217. The molecule has 3 heterocycles. The van der Waals surface area contributed by atoms with Crippen LogP contribution in [0.1, 0.15) is 38.1 Å². The number of carbonyl (C=O) groups excluding carboxylic acids is 1. The van der Waals surface area contributed by atoms with Crippen molar-refractivity contribution in [3.8, 4) is 17.1 Å². The van der Waals surface area contributed by atoms with Crippen LogP contribution in [0.4, 0.5) is 5.82 Å². The van der Waals surface area contributed by atoms with Gasteiger partial charge in [0.15, 0.2) is 11.5 Å². The predicted octanol–water partition coefficient (Wildman–Crippen LogP) is 5.67. The number of anilines is 1. The second-order valence-corrected chi connectivity index (χ2v) is 6.53. The van der Waals surface area contributed by atoms with Crippen molar-refractivity contribution in [1.29, 1.82) is 0 Å². The van der Waals surface area contributed by atoms with Crippen molar-refractivity contribution in [1.82, 2.24) is 19.5 Å². The number of benzene rings is 1. The Morgan fingerprint density at radius 1 is 1.00 bits per heavy atom. The Morgan fingerprint density at radius 2 is 1.68 bits per heavy atom. The average molecular weight is 484 g/mol. The number of ether oxygens (including phenoxy) is 1. The first-order chi connectivity index (χ1) is 15.1. The molecule has 4 rings (SSSR count). The number of carbonyl (C=O) groups is 1. The minimum absolute atomic E-state index is 0.374. The Bertz CT molecular complexity index is 1160. The van der Waals surface area contributed by atoms with Gasteiger partial charge in [0.1, 0.15) is 15.9 Å². The first kappa shape index (κ1) is 24.0. The van der Waals surface area contributed by atoms with Gasteiger partial charge in [-0.2, -0.15) is 0 Å². The third-order valence-corrected chi connectivity index (χ3v) is 4.54. The van der Waals surface area contributed by atoms with E-state index in [4.69, 9.17) is 15.5 Å². The van der Waals surface area contributed by atoms with Gasteiger partial charge in [0, 0.05) is 11.9 Å². The monoisotopic (exact) mass is 483 g/mol. The van der Waals surface area contributed by atoms with E-state index < -0.39 is 5.97 Å². The molecule has 1 aromatic carbocycles. The van der Waals surface area contributed by atoms with Crippen LogP contribution >= 0.6 is 15.9 Å². The zero-order valence-corrected chi connectivity index (χ0v) is 19.8. The van der Waals surface area contributed by atoms with E-state index in [0.29, 0.717) is 38.5 Å². The van der Waals surface area contributed by atoms with Gasteiger partial charge in [-0.3, -0.25) is 4.57 Å². The zero-order chi connectivity index (χ0) is 23.0. The highest BCUT2D eigenvalue weighted by atomic mass is 79.9. The summed E-state index contributed by atoms with van der Waals surface area (Å²) in [7, 11) is 1.35. The van der Waals surface area contributed by atoms with Crippen molar-refractivity contribution in [2.75, 3.05) is 12.8 Å². The van der Waals surface area contributed by atoms with E-state index in [2.05, 4.69) is 25.9 Å². The van der Waals surface area contributed by atoms with E-state index in [9.17, 15) is 4.79 Å². The number of imidazole rings is 1. The van der Waals surface area contributed by atoms with Gasteiger partial charge in [-0.25, -0.2) is 19.7 Å². The average Bonchev–Trinajstić information content (AvgIpc) is 3.20. The van der Waals surface area contributed by atoms with Gasteiger partial charge < -0.3 is 10.5 Å². The summed E-state index contributed by atoms with van der Waals surface area (Å²) in [4.78, 5) is 25.1. The molecule has 0 bridgehead atoms. The molecule has 0 saturated carbocycles. The van der Waals surface area contributed by atoms with E-state index >= 15 is 0 Å². The largest absolute Gasteiger partial charge is 0.465 e. The molecule has 7 nitrogen and oxygen atoms in total. The Kier molecular flexibility index (Phi) is 8.69. The molecule has 0 aliphatic heterocycles. The topological polar surface area (TPSA) is 95.9 Å². The summed E-state index contributed by atoms with van der Waals surface area (Å²) in [5, 5.41) is 0. The quantitative estimate of drug-likeness (QED) is 0.298. The van der Waals surface area contributed by atoms with E-state index in [1.165, 1.54) is 7.11 Å². The number of nitrogen functional groups attached to an aromatic ring is 1. The molecule has 0 spiro atoms. The van der Waals surface area contributed by atoms with Gasteiger partial charge in [0.2, 0.25) is 0 Å². The van der Waals surface area contributed by atoms with Crippen molar-refractivity contribution in [2.24, 2.45) is 0 Å². The maximum Gasteiger partial charge on any atom is 0.337 e. The number of nitrogens with zero attached hydrogens (tertiary/aromatic N) is 4. The lowest BCUT2D eigenvalue weighted by Gasteiger charge is -2.10. The standard InChI is InChI=1S/C19H14BrN5O2.2C2H6/c1-27-19(26)11-4-6-12(7-5-11)25-17(13-3-2-10-22-16(13)21)23-14-8-9-15(20)24-18(14)25;2*1-2/h2-10H,1H3,(H2,21,22);2*1-2H3. The molecule has 4 aromatic rings. The van der Waals surface area contributed by atoms with Crippen LogP contribution in [0.25, 0.3) is 28.2 Å². The number of pyridine rings is 2. The van der Waals surface area contributed by atoms with Crippen molar-refractivity contribution in [2.45, 2.75) is 27.7 Å². The van der Waals surface area contributed by atoms with Gasteiger partial charge in [0.05, 0.1) is 18.2 Å². The number of fused-ring (bicyclic) bond motifs is 1. The van der Waals surface area contributed by atoms with E-state index in [1.54, 1.807) is 24.4 Å². The van der Waals surface area contributed by atoms with Crippen molar-refractivity contribution in [3.05, 3.63) is 64.9 Å². The van der Waals surface area contributed by atoms with Gasteiger partial charge >= 0.3 is 5.97 Å². The fourth-order valence-corrected chi connectivity index (χ4v) is 3.13. The number of rotatable bonds is 3. The first-order valence-electron chi connectivity index (χ1n) is 10.0. The molecular weight excluding hydrogens is 458 g/mol. The van der Waals surface area contributed by atoms with E-state index in [-0.39, 0.29) is 0 Å². The number of halogens is 1. The predicted molar refractivity (Wildman–Crippen MR) is 128 cm³/mol. The number of esters is 1. The van der Waals surface area contributed by atoms with Crippen molar-refractivity contribution in [3.63, 3.8) is 0 Å². The lowest BCUT2D eigenvalue weighted by atomic mass is 10.2. The van der Waals surface area contributed by atoms with Gasteiger partial charge in [-0.05, 0) is 64.5 Å². The van der Waals surface area contributed by atoms with Gasteiger partial charge in [0.25, 0.3) is 0 Å². The lowest BCUT2D eigenvalue weighted by molar-refractivity contribution is 0.0600. The molecule has 0 amide bonds. The van der Waals surface area contributed by atoms with Gasteiger partial charge in [-0.1, -0.05) is 27.7 Å². The Hall–Kier alpha value is -3.26. The molecule has 0 saturated heterocycles. The summed E-state index contributed by atoms with van der Waals surface area (Å²) in [6.45, 7) is 8.00. The highest BCUT2D eigenvalue weighted by Gasteiger charge is 2.18. The SMILES string of the molecule is CC.CC.COC(=O)c1ccc(-n2c(-c3cccnc3N)nc3ccc(Br)nc32)cc1. The third kappa shape index (κ3) is 5.08. The summed E-state index contributed by atoms with van der Waals surface area (Å²) < 4.78 is 7.33. The molecule has 8 heteroatoms. The molecule has 0 fully saturated rings. The van der Waals surface area contributed by atoms with Crippen LogP contribution in [0.15, 0.2) is 59.3 Å². The molecule has 2 N–H and O–H groups in total. The summed E-state index contributed by atoms with van der Waals surface area (Å²) in [6.07, 6.45) is 1.63. The maximum absolute atomic E-state index is 11.7. The lowest BCUT2D eigenvalue weighted by Crippen LogP contribution is -2.04. The van der Waals surface area contributed by atoms with E-state index in [1.807, 2.05) is 62.6 Å². The molecule has 31 heavy (non-hydrogen) atoms. The minimum Gasteiger partial charge on any atom is -0.465 e. The number of hydrogen-bond donors (Lipinski definition) is 1. The third-order valence-electron chi connectivity index (χ3n) is 4.10. The van der Waals surface area contributed by atoms with Crippen molar-refractivity contribution >= 4 is 38.9 Å². The fourth-order valence-electron chi connectivity index (χ4n) is 2.83. The Labute approximate surface area is 190 Å². The summed E-state index contributed by atoms with van der Waals surface area (Å²) in [5.41, 5.74) is 9.40. The molecule has 0 unspecified atom stereocenters. The Balaban J connectivity index is 0.000000807. The Morgan fingerprint density at radius 3 is 2.29 bits per heavy atom. The molecule has 162 valence electrons. The zero-order valence-electron chi connectivity index (χ0n) is 18.3. The normalized spacial score (nSPS) is 9.87. The molecule has 0 radical (unpaired) electrons.